The summed E-state index contributed by atoms with van der Waals surface area (Å²) < 4.78 is 7.26. The lowest BCUT2D eigenvalue weighted by molar-refractivity contribution is 0.217. The first-order chi connectivity index (χ1) is 8.92. The van der Waals surface area contributed by atoms with E-state index < -0.39 is 0 Å². The topological polar surface area (TPSA) is 46.2 Å². The summed E-state index contributed by atoms with van der Waals surface area (Å²) in [4.78, 5) is 6.80. The van der Waals surface area contributed by atoms with Crippen molar-refractivity contribution in [2.75, 3.05) is 19.6 Å². The predicted molar refractivity (Wildman–Crippen MR) is 67.9 cm³/mol. The van der Waals surface area contributed by atoms with E-state index in [0.29, 0.717) is 0 Å². The van der Waals surface area contributed by atoms with Crippen LogP contribution in [0.4, 0.5) is 0 Å². The maximum atomic E-state index is 5.03. The second kappa shape index (κ2) is 5.37. The van der Waals surface area contributed by atoms with E-state index in [2.05, 4.69) is 26.0 Å². The zero-order valence-electron chi connectivity index (χ0n) is 10.4. The number of nitrogens with one attached hydrogen (secondary N) is 1. The van der Waals surface area contributed by atoms with Crippen LogP contribution < -0.4 is 5.32 Å². The lowest BCUT2D eigenvalue weighted by Crippen LogP contribution is -2.38. The molecule has 0 amide bonds. The van der Waals surface area contributed by atoms with Crippen molar-refractivity contribution in [2.45, 2.75) is 19.6 Å². The van der Waals surface area contributed by atoms with E-state index in [1.54, 1.807) is 12.5 Å². The highest BCUT2D eigenvalue weighted by atomic mass is 16.3. The molecule has 96 valence electrons. The van der Waals surface area contributed by atoms with Crippen molar-refractivity contribution < 1.29 is 4.42 Å². The van der Waals surface area contributed by atoms with Crippen molar-refractivity contribution in [3.63, 3.8) is 0 Å². The zero-order chi connectivity index (χ0) is 12.2. The summed E-state index contributed by atoms with van der Waals surface area (Å²) in [7, 11) is 0. The largest absolute Gasteiger partial charge is 0.472 e. The van der Waals surface area contributed by atoms with E-state index >= 15 is 0 Å². The molecular weight excluding hydrogens is 228 g/mol. The average molecular weight is 246 g/mol. The fourth-order valence-electron chi connectivity index (χ4n) is 2.28. The van der Waals surface area contributed by atoms with E-state index in [0.717, 1.165) is 39.3 Å². The molecule has 0 unspecified atom stereocenters. The van der Waals surface area contributed by atoms with Gasteiger partial charge < -0.3 is 14.3 Å². The third-order valence-corrected chi connectivity index (χ3v) is 3.34. The summed E-state index contributed by atoms with van der Waals surface area (Å²) >= 11 is 0. The van der Waals surface area contributed by atoms with Gasteiger partial charge in [-0.15, -0.1) is 0 Å². The normalized spacial score (nSPS) is 15.8. The minimum atomic E-state index is 0.874. The lowest BCUT2D eigenvalue weighted by atomic mass is 10.3. The molecule has 0 aromatic carbocycles. The summed E-state index contributed by atoms with van der Waals surface area (Å²) in [6.45, 7) is 6.05. The molecule has 0 bridgehead atoms. The first-order valence-electron chi connectivity index (χ1n) is 6.36. The molecule has 5 nitrogen and oxygen atoms in total. The second-order valence-corrected chi connectivity index (χ2v) is 4.62. The van der Waals surface area contributed by atoms with Crippen LogP contribution in [0.5, 0.6) is 0 Å². The van der Waals surface area contributed by atoms with Gasteiger partial charge in [0.05, 0.1) is 19.1 Å². The molecule has 0 aliphatic carbocycles. The van der Waals surface area contributed by atoms with Crippen LogP contribution in [-0.2, 0) is 19.6 Å². The quantitative estimate of drug-likeness (QED) is 0.802. The number of nitrogens with zero attached hydrogens (tertiary/aromatic N) is 3. The molecular formula is C13H18N4O. The molecule has 18 heavy (non-hydrogen) atoms. The molecule has 0 spiro atoms. The molecule has 1 N–H and O–H groups in total. The Labute approximate surface area is 106 Å². The molecule has 0 radical (unpaired) electrons. The Hall–Kier alpha value is -1.59. The molecule has 0 fully saturated rings. The van der Waals surface area contributed by atoms with Crippen molar-refractivity contribution in [1.82, 2.24) is 19.8 Å². The van der Waals surface area contributed by atoms with E-state index in [1.165, 1.54) is 11.4 Å². The predicted octanol–water partition coefficient (Wildman–Crippen LogP) is 1.08. The van der Waals surface area contributed by atoms with Crippen LogP contribution in [0.1, 0.15) is 11.4 Å². The van der Waals surface area contributed by atoms with Crippen LogP contribution in [0.15, 0.2) is 35.4 Å². The number of furan rings is 1. The Kier molecular flexibility index (Phi) is 3.43. The number of imidazole rings is 1. The number of hydrogen-bond donors (Lipinski definition) is 1. The Morgan fingerprint density at radius 2 is 2.39 bits per heavy atom. The molecule has 0 saturated heterocycles. The van der Waals surface area contributed by atoms with Gasteiger partial charge in [0.2, 0.25) is 0 Å². The van der Waals surface area contributed by atoms with Gasteiger partial charge >= 0.3 is 0 Å². The summed E-state index contributed by atoms with van der Waals surface area (Å²) in [6, 6.07) is 1.99. The molecule has 0 saturated carbocycles. The van der Waals surface area contributed by atoms with Crippen LogP contribution in [0, 0.1) is 0 Å². The van der Waals surface area contributed by atoms with Crippen molar-refractivity contribution in [2.24, 2.45) is 0 Å². The van der Waals surface area contributed by atoms with Crippen LogP contribution in [0.2, 0.25) is 0 Å². The molecule has 2 aromatic heterocycles. The van der Waals surface area contributed by atoms with E-state index in [-0.39, 0.29) is 0 Å². The van der Waals surface area contributed by atoms with E-state index in [4.69, 9.17) is 4.42 Å². The van der Waals surface area contributed by atoms with Crippen molar-refractivity contribution in [1.29, 1.82) is 0 Å². The van der Waals surface area contributed by atoms with Crippen LogP contribution in [-0.4, -0.2) is 34.1 Å². The Morgan fingerprint density at radius 1 is 1.39 bits per heavy atom. The molecule has 1 aliphatic heterocycles. The van der Waals surface area contributed by atoms with Crippen LogP contribution in [0.3, 0.4) is 0 Å². The Balaban J connectivity index is 1.40. The molecule has 5 heteroatoms. The summed E-state index contributed by atoms with van der Waals surface area (Å²) in [5.74, 6) is 1.18. The first-order valence-corrected chi connectivity index (χ1v) is 6.36. The summed E-state index contributed by atoms with van der Waals surface area (Å²) in [5, 5.41) is 3.42. The van der Waals surface area contributed by atoms with Gasteiger partial charge in [-0.3, -0.25) is 4.90 Å². The van der Waals surface area contributed by atoms with Gasteiger partial charge in [0.1, 0.15) is 5.82 Å². The van der Waals surface area contributed by atoms with Crippen molar-refractivity contribution in [3.05, 3.63) is 42.4 Å². The highest BCUT2D eigenvalue weighted by molar-refractivity contribution is 5.04. The number of rotatable bonds is 5. The summed E-state index contributed by atoms with van der Waals surface area (Å²) in [6.07, 6.45) is 7.44. The minimum Gasteiger partial charge on any atom is -0.472 e. The fourth-order valence-corrected chi connectivity index (χ4v) is 2.28. The second-order valence-electron chi connectivity index (χ2n) is 4.62. The third-order valence-electron chi connectivity index (χ3n) is 3.34. The minimum absolute atomic E-state index is 0.874. The number of aromatic nitrogens is 2. The summed E-state index contributed by atoms with van der Waals surface area (Å²) in [5.41, 5.74) is 1.20. The Bertz CT molecular complexity index is 477. The SMILES string of the molecule is c1cn2c(n1)CN(CCNCc1ccoc1)CC2. The standard InChI is InChI=1S/C13H18N4O/c1-8-18-11-12(1)9-14-2-4-16-6-7-17-5-3-15-13(17)10-16/h1,3,5,8,11,14H,2,4,6-7,9-10H2. The maximum Gasteiger partial charge on any atom is 0.122 e. The van der Waals surface area contributed by atoms with Gasteiger partial charge in [0, 0.05) is 50.7 Å². The number of hydrogen-bond acceptors (Lipinski definition) is 4. The van der Waals surface area contributed by atoms with Crippen LogP contribution in [0.25, 0.3) is 0 Å². The van der Waals surface area contributed by atoms with Gasteiger partial charge in [-0.1, -0.05) is 0 Å². The van der Waals surface area contributed by atoms with Crippen molar-refractivity contribution in [3.8, 4) is 0 Å². The molecule has 3 rings (SSSR count). The van der Waals surface area contributed by atoms with Crippen LogP contribution >= 0.6 is 0 Å². The maximum absolute atomic E-state index is 5.03. The van der Waals surface area contributed by atoms with Gasteiger partial charge in [-0.05, 0) is 6.07 Å². The van der Waals surface area contributed by atoms with E-state index in [1.807, 2.05) is 12.3 Å². The third kappa shape index (κ3) is 2.63. The monoisotopic (exact) mass is 246 g/mol. The highest BCUT2D eigenvalue weighted by Gasteiger charge is 2.15. The van der Waals surface area contributed by atoms with Gasteiger partial charge in [0.15, 0.2) is 0 Å². The molecule has 1 aliphatic rings. The smallest absolute Gasteiger partial charge is 0.122 e. The Morgan fingerprint density at radius 3 is 3.28 bits per heavy atom. The zero-order valence-corrected chi connectivity index (χ0v) is 10.4. The van der Waals surface area contributed by atoms with Gasteiger partial charge in [0.25, 0.3) is 0 Å². The fraction of sp³-hybridized carbons (Fsp3) is 0.462. The molecule has 3 heterocycles. The first kappa shape index (κ1) is 11.5. The lowest BCUT2D eigenvalue weighted by Gasteiger charge is -2.27. The molecule has 2 aromatic rings. The molecule has 0 atom stereocenters. The number of fused-ring (bicyclic) bond motifs is 1. The van der Waals surface area contributed by atoms with Gasteiger partial charge in [-0.25, -0.2) is 4.98 Å². The highest BCUT2D eigenvalue weighted by Crippen LogP contribution is 2.09. The average Bonchev–Trinajstić information content (AvgIpc) is 3.05. The van der Waals surface area contributed by atoms with E-state index in [9.17, 15) is 0 Å². The van der Waals surface area contributed by atoms with Crippen molar-refractivity contribution >= 4 is 0 Å². The van der Waals surface area contributed by atoms with Gasteiger partial charge in [-0.2, -0.15) is 0 Å².